The lowest BCUT2D eigenvalue weighted by atomic mass is 10.1. The van der Waals surface area contributed by atoms with E-state index in [9.17, 15) is 9.59 Å². The molecule has 0 unspecified atom stereocenters. The Balaban J connectivity index is 1.82. The number of rotatable bonds is 5. The van der Waals surface area contributed by atoms with Gasteiger partial charge in [0.05, 0.1) is 12.5 Å². The summed E-state index contributed by atoms with van der Waals surface area (Å²) in [7, 11) is 1.61. The molecule has 124 valence electrons. The number of nitrogens with zero attached hydrogens (tertiary/aromatic N) is 1. The molecule has 5 nitrogen and oxygen atoms in total. The maximum atomic E-state index is 12.4. The van der Waals surface area contributed by atoms with E-state index >= 15 is 0 Å². The molecule has 1 N–H and O–H groups in total. The van der Waals surface area contributed by atoms with Crippen molar-refractivity contribution in [3.05, 3.63) is 56.4 Å². The van der Waals surface area contributed by atoms with Gasteiger partial charge in [0.2, 0.25) is 0 Å². The van der Waals surface area contributed by atoms with Crippen LogP contribution in [-0.4, -0.2) is 22.9 Å². The number of ketones is 1. The van der Waals surface area contributed by atoms with E-state index in [0.29, 0.717) is 16.6 Å². The van der Waals surface area contributed by atoms with Gasteiger partial charge in [0.25, 0.3) is 5.56 Å². The summed E-state index contributed by atoms with van der Waals surface area (Å²) in [6.07, 6.45) is 0.852. The zero-order chi connectivity index (χ0) is 17.3. The van der Waals surface area contributed by atoms with Crippen molar-refractivity contribution in [1.82, 2.24) is 9.97 Å². The molecule has 0 spiro atoms. The highest BCUT2D eigenvalue weighted by Crippen LogP contribution is 2.25. The smallest absolute Gasteiger partial charge is 0.260 e. The number of nitrogens with one attached hydrogen (secondary N) is 1. The second-order valence-electron chi connectivity index (χ2n) is 5.65. The monoisotopic (exact) mass is 342 g/mol. The Hall–Kier alpha value is -2.47. The van der Waals surface area contributed by atoms with Crippen molar-refractivity contribution >= 4 is 27.3 Å². The van der Waals surface area contributed by atoms with Gasteiger partial charge >= 0.3 is 0 Å². The molecule has 0 amide bonds. The molecule has 0 aliphatic rings. The standard InChI is InChI=1S/C18H18N2O3S/c1-10-11(2)24-18-15(10)17(22)19-16(20-18)14(21)8-7-12-5-4-6-13(9-12)23-3/h4-6,9H,7-8H2,1-3H3,(H,19,20,22). The lowest BCUT2D eigenvalue weighted by Crippen LogP contribution is -2.16. The van der Waals surface area contributed by atoms with Crippen LogP contribution in [0.3, 0.4) is 0 Å². The zero-order valence-corrected chi connectivity index (χ0v) is 14.6. The quantitative estimate of drug-likeness (QED) is 0.721. The van der Waals surface area contributed by atoms with E-state index in [2.05, 4.69) is 9.97 Å². The highest BCUT2D eigenvalue weighted by atomic mass is 32.1. The second kappa shape index (κ2) is 6.57. The molecule has 2 heterocycles. The molecule has 1 aromatic carbocycles. The predicted molar refractivity (Wildman–Crippen MR) is 95.4 cm³/mol. The molecule has 3 rings (SSSR count). The summed E-state index contributed by atoms with van der Waals surface area (Å²) < 4.78 is 5.18. The molecular formula is C18H18N2O3S. The van der Waals surface area contributed by atoms with Gasteiger partial charge in [-0.1, -0.05) is 12.1 Å². The Morgan fingerprint density at radius 1 is 1.33 bits per heavy atom. The summed E-state index contributed by atoms with van der Waals surface area (Å²) in [5, 5.41) is 0.585. The van der Waals surface area contributed by atoms with Gasteiger partial charge in [-0.15, -0.1) is 11.3 Å². The van der Waals surface area contributed by atoms with Crippen LogP contribution in [0.1, 0.15) is 33.0 Å². The predicted octanol–water partition coefficient (Wildman–Crippen LogP) is 3.43. The summed E-state index contributed by atoms with van der Waals surface area (Å²) in [4.78, 5) is 33.3. The van der Waals surface area contributed by atoms with Crippen LogP contribution < -0.4 is 10.3 Å². The van der Waals surface area contributed by atoms with Crippen LogP contribution in [0.5, 0.6) is 5.75 Å². The number of carbonyl (C=O) groups is 1. The van der Waals surface area contributed by atoms with E-state index in [1.807, 2.05) is 38.1 Å². The van der Waals surface area contributed by atoms with E-state index in [1.165, 1.54) is 11.3 Å². The average Bonchev–Trinajstić information content (AvgIpc) is 2.87. The first-order chi connectivity index (χ1) is 11.5. The second-order valence-corrected chi connectivity index (χ2v) is 6.86. The Labute approximate surface area is 143 Å². The van der Waals surface area contributed by atoms with Crippen molar-refractivity contribution in [3.63, 3.8) is 0 Å². The van der Waals surface area contributed by atoms with Gasteiger partial charge in [-0.3, -0.25) is 9.59 Å². The van der Waals surface area contributed by atoms with Crippen LogP contribution in [0.25, 0.3) is 10.2 Å². The van der Waals surface area contributed by atoms with Crippen LogP contribution in [0.2, 0.25) is 0 Å². The van der Waals surface area contributed by atoms with Crippen LogP contribution >= 0.6 is 11.3 Å². The fourth-order valence-corrected chi connectivity index (χ4v) is 3.62. The van der Waals surface area contributed by atoms with Gasteiger partial charge in [-0.25, -0.2) is 4.98 Å². The maximum absolute atomic E-state index is 12.4. The minimum atomic E-state index is -0.244. The van der Waals surface area contributed by atoms with Crippen molar-refractivity contribution in [1.29, 1.82) is 0 Å². The van der Waals surface area contributed by atoms with Crippen LogP contribution in [-0.2, 0) is 6.42 Å². The minimum absolute atomic E-state index is 0.136. The van der Waals surface area contributed by atoms with Gasteiger partial charge in [-0.2, -0.15) is 0 Å². The molecule has 2 aromatic heterocycles. The summed E-state index contributed by atoms with van der Waals surface area (Å²) in [5.41, 5.74) is 1.69. The fraction of sp³-hybridized carbons (Fsp3) is 0.278. The number of thiophene rings is 1. The molecule has 0 bridgehead atoms. The first-order valence-corrected chi connectivity index (χ1v) is 8.47. The highest BCUT2D eigenvalue weighted by molar-refractivity contribution is 7.18. The summed E-state index contributed by atoms with van der Waals surface area (Å²) in [6.45, 7) is 3.85. The number of aryl methyl sites for hydroxylation is 3. The first-order valence-electron chi connectivity index (χ1n) is 7.65. The number of benzene rings is 1. The Morgan fingerprint density at radius 2 is 2.12 bits per heavy atom. The summed E-state index contributed by atoms with van der Waals surface area (Å²) in [6, 6.07) is 7.60. The largest absolute Gasteiger partial charge is 0.497 e. The lowest BCUT2D eigenvalue weighted by molar-refractivity contribution is 0.0973. The molecule has 6 heteroatoms. The molecule has 24 heavy (non-hydrogen) atoms. The van der Waals surface area contributed by atoms with E-state index in [-0.39, 0.29) is 23.6 Å². The molecule has 0 aliphatic heterocycles. The van der Waals surface area contributed by atoms with Crippen LogP contribution in [0.15, 0.2) is 29.1 Å². The Kier molecular flexibility index (Phi) is 4.49. The summed E-state index contributed by atoms with van der Waals surface area (Å²) >= 11 is 1.44. The van der Waals surface area contributed by atoms with Gasteiger partial charge in [0.1, 0.15) is 10.6 Å². The van der Waals surface area contributed by atoms with E-state index in [0.717, 1.165) is 21.8 Å². The molecule has 0 saturated heterocycles. The molecule has 0 saturated carbocycles. The number of carbonyl (C=O) groups excluding carboxylic acids is 1. The number of Topliss-reactive ketones (excluding diaryl/α,β-unsaturated/α-hetero) is 1. The van der Waals surface area contributed by atoms with Crippen molar-refractivity contribution in [2.45, 2.75) is 26.7 Å². The van der Waals surface area contributed by atoms with E-state index in [1.54, 1.807) is 7.11 Å². The van der Waals surface area contributed by atoms with E-state index in [4.69, 9.17) is 4.74 Å². The van der Waals surface area contributed by atoms with Crippen LogP contribution in [0.4, 0.5) is 0 Å². The lowest BCUT2D eigenvalue weighted by Gasteiger charge is -2.04. The van der Waals surface area contributed by atoms with Crippen molar-refractivity contribution in [2.75, 3.05) is 7.11 Å². The third-order valence-corrected chi connectivity index (χ3v) is 5.18. The third-order valence-electron chi connectivity index (χ3n) is 4.08. The highest BCUT2D eigenvalue weighted by Gasteiger charge is 2.15. The molecule has 0 fully saturated rings. The minimum Gasteiger partial charge on any atom is -0.497 e. The molecular weight excluding hydrogens is 324 g/mol. The van der Waals surface area contributed by atoms with Crippen molar-refractivity contribution in [2.24, 2.45) is 0 Å². The SMILES string of the molecule is COc1cccc(CCC(=O)c2nc3sc(C)c(C)c3c(=O)[nH]2)c1. The molecule has 0 atom stereocenters. The number of H-pyrrole nitrogens is 1. The van der Waals surface area contributed by atoms with Gasteiger partial charge in [-0.05, 0) is 43.5 Å². The van der Waals surface area contributed by atoms with Crippen molar-refractivity contribution in [3.8, 4) is 5.75 Å². The normalized spacial score (nSPS) is 11.0. The number of fused-ring (bicyclic) bond motifs is 1. The zero-order valence-electron chi connectivity index (χ0n) is 13.8. The van der Waals surface area contributed by atoms with Gasteiger partial charge in [0.15, 0.2) is 11.6 Å². The van der Waals surface area contributed by atoms with Crippen molar-refractivity contribution < 1.29 is 9.53 Å². The number of hydrogen-bond donors (Lipinski definition) is 1. The fourth-order valence-electron chi connectivity index (χ4n) is 2.59. The number of hydrogen-bond acceptors (Lipinski definition) is 5. The number of aromatic amines is 1. The number of ether oxygens (including phenoxy) is 1. The average molecular weight is 342 g/mol. The third kappa shape index (κ3) is 3.10. The van der Waals surface area contributed by atoms with Crippen LogP contribution in [0, 0.1) is 13.8 Å². The molecule has 0 radical (unpaired) electrons. The molecule has 0 aliphatic carbocycles. The van der Waals surface area contributed by atoms with Gasteiger partial charge < -0.3 is 9.72 Å². The Morgan fingerprint density at radius 3 is 2.88 bits per heavy atom. The molecule has 3 aromatic rings. The number of methoxy groups -OCH3 is 1. The first kappa shape index (κ1) is 16.4. The summed E-state index contributed by atoms with van der Waals surface area (Å²) in [5.74, 6) is 0.731. The maximum Gasteiger partial charge on any atom is 0.260 e. The number of aromatic nitrogens is 2. The van der Waals surface area contributed by atoms with E-state index < -0.39 is 0 Å². The topological polar surface area (TPSA) is 72.0 Å². The Bertz CT molecular complexity index is 972. The van der Waals surface area contributed by atoms with Gasteiger partial charge in [0, 0.05) is 11.3 Å².